The van der Waals surface area contributed by atoms with E-state index in [1.54, 1.807) is 0 Å². The van der Waals surface area contributed by atoms with E-state index in [1.807, 2.05) is 6.92 Å². The lowest BCUT2D eigenvalue weighted by Crippen LogP contribution is -2.00. The van der Waals surface area contributed by atoms with Crippen molar-refractivity contribution in [3.8, 4) is 0 Å². The van der Waals surface area contributed by atoms with E-state index in [9.17, 15) is 4.91 Å². The van der Waals surface area contributed by atoms with Crippen molar-refractivity contribution in [2.45, 2.75) is 13.3 Å². The molecule has 0 heterocycles. The van der Waals surface area contributed by atoms with E-state index in [2.05, 4.69) is 5.18 Å². The summed E-state index contributed by atoms with van der Waals surface area (Å²) >= 11 is 0. The van der Waals surface area contributed by atoms with Crippen LogP contribution in [0, 0.1) is 10.8 Å². The van der Waals surface area contributed by atoms with Gasteiger partial charge < -0.3 is 5.11 Å². The minimum Gasteiger partial charge on any atom is -0.396 e. The summed E-state index contributed by atoms with van der Waals surface area (Å²) in [6.07, 6.45) is 0.672. The number of rotatable bonds is 4. The smallest absolute Gasteiger partial charge is 0.0837 e. The maximum Gasteiger partial charge on any atom is 0.0837 e. The molecule has 0 rings (SSSR count). The highest BCUT2D eigenvalue weighted by atomic mass is 16.3. The molecule has 0 aliphatic carbocycles. The summed E-state index contributed by atoms with van der Waals surface area (Å²) in [5.41, 5.74) is 0. The third-order valence-corrected chi connectivity index (χ3v) is 1.01. The van der Waals surface area contributed by atoms with Gasteiger partial charge in [-0.2, -0.15) is 4.91 Å². The quantitative estimate of drug-likeness (QED) is 0.553. The molecule has 48 valence electrons. The zero-order chi connectivity index (χ0) is 6.41. The lowest BCUT2D eigenvalue weighted by atomic mass is 10.1. The summed E-state index contributed by atoms with van der Waals surface area (Å²) in [5, 5.41) is 11.0. The summed E-state index contributed by atoms with van der Waals surface area (Å²) < 4.78 is 0. The Kier molecular flexibility index (Phi) is 4.45. The number of aliphatic hydroxyl groups excluding tert-OH is 1. The Labute approximate surface area is 48.7 Å². The lowest BCUT2D eigenvalue weighted by Gasteiger charge is -2.00. The first-order valence-corrected chi connectivity index (χ1v) is 2.71. The fraction of sp³-hybridized carbons (Fsp3) is 1.00. The Morgan fingerprint density at radius 2 is 2.38 bits per heavy atom. The summed E-state index contributed by atoms with van der Waals surface area (Å²) in [5.74, 6) is 0.234. The van der Waals surface area contributed by atoms with E-state index in [0.717, 1.165) is 0 Å². The molecule has 0 saturated carbocycles. The van der Waals surface area contributed by atoms with Crippen molar-refractivity contribution in [1.82, 2.24) is 0 Å². The molecule has 0 aliphatic heterocycles. The molecule has 3 nitrogen and oxygen atoms in total. The molecule has 0 radical (unpaired) electrons. The number of nitrogens with zero attached hydrogens (tertiary/aromatic N) is 1. The Morgan fingerprint density at radius 3 is 2.75 bits per heavy atom. The topological polar surface area (TPSA) is 49.7 Å². The molecule has 0 aromatic heterocycles. The second-order valence-corrected chi connectivity index (χ2v) is 1.93. The fourth-order valence-electron chi connectivity index (χ4n) is 0.439. The van der Waals surface area contributed by atoms with E-state index in [4.69, 9.17) is 5.11 Å². The molecule has 0 bridgehead atoms. The van der Waals surface area contributed by atoms with Crippen LogP contribution < -0.4 is 0 Å². The predicted molar refractivity (Wildman–Crippen MR) is 31.5 cm³/mol. The van der Waals surface area contributed by atoms with Crippen LogP contribution in [0.3, 0.4) is 0 Å². The van der Waals surface area contributed by atoms with E-state index < -0.39 is 0 Å². The van der Waals surface area contributed by atoms with Crippen LogP contribution in [0.5, 0.6) is 0 Å². The van der Waals surface area contributed by atoms with Crippen LogP contribution >= 0.6 is 0 Å². The van der Waals surface area contributed by atoms with Gasteiger partial charge in [-0.3, -0.25) is 0 Å². The highest BCUT2D eigenvalue weighted by Gasteiger charge is 1.98. The minimum atomic E-state index is 0.149. The minimum absolute atomic E-state index is 0.149. The molecule has 0 saturated heterocycles. The van der Waals surface area contributed by atoms with Crippen LogP contribution in [-0.2, 0) is 0 Å². The van der Waals surface area contributed by atoms with E-state index in [-0.39, 0.29) is 12.5 Å². The fourth-order valence-corrected chi connectivity index (χ4v) is 0.439. The van der Waals surface area contributed by atoms with Crippen molar-refractivity contribution in [2.75, 3.05) is 13.2 Å². The average molecular weight is 117 g/mol. The molecule has 3 heteroatoms. The summed E-state index contributed by atoms with van der Waals surface area (Å²) in [7, 11) is 0. The Balaban J connectivity index is 3.03. The van der Waals surface area contributed by atoms with Crippen molar-refractivity contribution in [3.63, 3.8) is 0 Å². The van der Waals surface area contributed by atoms with E-state index >= 15 is 0 Å². The Bertz CT molecular complexity index is 65.4. The highest BCUT2D eigenvalue weighted by Crippen LogP contribution is 1.99. The van der Waals surface area contributed by atoms with E-state index in [0.29, 0.717) is 13.0 Å². The summed E-state index contributed by atoms with van der Waals surface area (Å²) in [6, 6.07) is 0. The molecule has 1 atom stereocenters. The van der Waals surface area contributed by atoms with Gasteiger partial charge in [0.1, 0.15) is 0 Å². The van der Waals surface area contributed by atoms with Crippen LogP contribution in [0.4, 0.5) is 0 Å². The largest absolute Gasteiger partial charge is 0.396 e. The third kappa shape index (κ3) is 3.74. The van der Waals surface area contributed by atoms with Crippen LogP contribution in [0.25, 0.3) is 0 Å². The van der Waals surface area contributed by atoms with Gasteiger partial charge >= 0.3 is 0 Å². The van der Waals surface area contributed by atoms with Gasteiger partial charge in [-0.25, -0.2) is 0 Å². The number of aliphatic hydroxyl groups is 1. The number of hydrogen-bond acceptors (Lipinski definition) is 3. The maximum atomic E-state index is 9.56. The van der Waals surface area contributed by atoms with Gasteiger partial charge in [-0.15, -0.1) is 0 Å². The highest BCUT2D eigenvalue weighted by molar-refractivity contribution is 4.53. The van der Waals surface area contributed by atoms with Crippen molar-refractivity contribution in [3.05, 3.63) is 4.91 Å². The molecule has 8 heavy (non-hydrogen) atoms. The second kappa shape index (κ2) is 4.71. The van der Waals surface area contributed by atoms with Gasteiger partial charge in [0.15, 0.2) is 0 Å². The van der Waals surface area contributed by atoms with Crippen molar-refractivity contribution in [1.29, 1.82) is 0 Å². The molecular weight excluding hydrogens is 106 g/mol. The molecule has 0 amide bonds. The molecule has 0 spiro atoms. The summed E-state index contributed by atoms with van der Waals surface area (Å²) in [4.78, 5) is 9.56. The lowest BCUT2D eigenvalue weighted by molar-refractivity contribution is 0.264. The normalized spacial score (nSPS) is 13.2. The van der Waals surface area contributed by atoms with Crippen LogP contribution in [0.15, 0.2) is 5.18 Å². The molecule has 0 fully saturated rings. The predicted octanol–water partition coefficient (Wildman–Crippen LogP) is 0.771. The molecule has 0 aliphatic rings. The van der Waals surface area contributed by atoms with Crippen molar-refractivity contribution >= 4 is 0 Å². The Hall–Kier alpha value is -0.440. The third-order valence-electron chi connectivity index (χ3n) is 1.01. The molecule has 1 N–H and O–H groups in total. The zero-order valence-corrected chi connectivity index (χ0v) is 5.00. The van der Waals surface area contributed by atoms with Crippen LogP contribution in [-0.4, -0.2) is 18.3 Å². The summed E-state index contributed by atoms with van der Waals surface area (Å²) in [6.45, 7) is 2.36. The average Bonchev–Trinajstić information content (AvgIpc) is 1.68. The van der Waals surface area contributed by atoms with E-state index in [1.165, 1.54) is 0 Å². The van der Waals surface area contributed by atoms with Crippen molar-refractivity contribution in [2.24, 2.45) is 11.1 Å². The first-order valence-electron chi connectivity index (χ1n) is 2.71. The molecule has 0 aromatic carbocycles. The number of nitroso groups, excluding NO2 is 1. The van der Waals surface area contributed by atoms with Crippen LogP contribution in [0.1, 0.15) is 13.3 Å². The number of hydrogen-bond donors (Lipinski definition) is 1. The van der Waals surface area contributed by atoms with Gasteiger partial charge in [-0.1, -0.05) is 12.1 Å². The monoisotopic (exact) mass is 117 g/mol. The molecule has 1 unspecified atom stereocenters. The Morgan fingerprint density at radius 1 is 1.75 bits per heavy atom. The van der Waals surface area contributed by atoms with Gasteiger partial charge in [0.25, 0.3) is 0 Å². The SMILES string of the molecule is CC(CCO)CN=O. The first kappa shape index (κ1) is 7.56. The van der Waals surface area contributed by atoms with Gasteiger partial charge in [0, 0.05) is 6.61 Å². The second-order valence-electron chi connectivity index (χ2n) is 1.93. The standard InChI is InChI=1S/C5H11NO2/c1-5(2-3-7)4-6-8/h5,7H,2-4H2,1H3. The van der Waals surface area contributed by atoms with Crippen molar-refractivity contribution < 1.29 is 5.11 Å². The molecular formula is C5H11NO2. The molecule has 0 aromatic rings. The maximum absolute atomic E-state index is 9.56. The van der Waals surface area contributed by atoms with Gasteiger partial charge in [0.05, 0.1) is 6.54 Å². The van der Waals surface area contributed by atoms with Crippen LogP contribution in [0.2, 0.25) is 0 Å². The van der Waals surface area contributed by atoms with Gasteiger partial charge in [0.2, 0.25) is 0 Å². The van der Waals surface area contributed by atoms with Gasteiger partial charge in [-0.05, 0) is 12.3 Å². The zero-order valence-electron chi connectivity index (χ0n) is 5.00. The first-order chi connectivity index (χ1) is 3.81.